The summed E-state index contributed by atoms with van der Waals surface area (Å²) in [5.41, 5.74) is 5.78. The summed E-state index contributed by atoms with van der Waals surface area (Å²) in [5.74, 6) is 116. The van der Waals surface area contributed by atoms with E-state index >= 15 is 0 Å². The zero-order valence-electron chi connectivity index (χ0n) is 71.4. The summed E-state index contributed by atoms with van der Waals surface area (Å²) in [5, 5.41) is 0. The highest BCUT2D eigenvalue weighted by molar-refractivity contribution is 5.99. The Morgan fingerprint density at radius 2 is 0.602 bits per heavy atom. The number of unbranched alkanes of at least 4 members (excludes halogenated alkanes) is 15. The van der Waals surface area contributed by atoms with E-state index in [0.717, 1.165) is 77.0 Å². The van der Waals surface area contributed by atoms with Crippen molar-refractivity contribution in [3.63, 3.8) is 0 Å². The highest BCUT2D eigenvalue weighted by atomic mass is 16.1. The van der Waals surface area contributed by atoms with Crippen LogP contribution in [0.25, 0.3) is 0 Å². The summed E-state index contributed by atoms with van der Waals surface area (Å²) >= 11 is 0. The van der Waals surface area contributed by atoms with Crippen LogP contribution in [0.15, 0.2) is 22.3 Å². The molecule has 0 bridgehead atoms. The quantitative estimate of drug-likeness (QED) is 0.0350. The second kappa shape index (κ2) is 88.8. The first-order chi connectivity index (χ1) is 55.4. The second-order valence-corrected chi connectivity index (χ2v) is 25.8. The van der Waals surface area contributed by atoms with Crippen LogP contribution >= 0.6 is 0 Å². The number of allylic oxidation sites excluding steroid dienone is 4. The number of hydrogen-bond donors (Lipinski definition) is 0. The van der Waals surface area contributed by atoms with Gasteiger partial charge in [-0.1, -0.05) is 241 Å². The van der Waals surface area contributed by atoms with Crippen molar-refractivity contribution in [3.05, 3.63) is 22.3 Å². The van der Waals surface area contributed by atoms with E-state index in [4.69, 9.17) is 12.8 Å². The normalized spacial score (nSPS) is 11.6. The van der Waals surface area contributed by atoms with Crippen LogP contribution in [0.2, 0.25) is 0 Å². The molecule has 0 aliphatic heterocycles. The fourth-order valence-corrected chi connectivity index (χ4v) is 12.1. The predicted octanol–water partition coefficient (Wildman–Crippen LogP) is 21.9. The molecule has 113 heavy (non-hydrogen) atoms. The van der Waals surface area contributed by atoms with Crippen molar-refractivity contribution >= 4 is 17.3 Å². The molecule has 0 saturated heterocycles. The van der Waals surface area contributed by atoms with E-state index in [2.05, 4.69) is 355 Å². The number of terminal acetylenes is 2. The number of carbonyl (C=O) groups is 3. The molecule has 1 rings (SSSR count). The minimum atomic E-state index is 0.226. The summed E-state index contributed by atoms with van der Waals surface area (Å²) in [7, 11) is 0. The van der Waals surface area contributed by atoms with Crippen molar-refractivity contribution in [2.45, 2.75) is 341 Å². The predicted molar refractivity (Wildman–Crippen MR) is 482 cm³/mol. The van der Waals surface area contributed by atoms with Gasteiger partial charge in [0.2, 0.25) is 0 Å². The molecule has 0 aromatic rings. The number of hydrogen-bond acceptors (Lipinski definition) is 3. The third-order valence-corrected chi connectivity index (χ3v) is 17.0. The minimum Gasteiger partial charge on any atom is -0.300 e. The molecule has 0 heterocycles. The van der Waals surface area contributed by atoms with Gasteiger partial charge in [0.05, 0.1) is 0 Å². The SMILES string of the molecule is C#CC#CC#CC#CC#CC#CC#CC#CC#CC#CC#CC#CC#CC#CC#C.CC#CC#CC#CC#CC#CC#CC#CC#CC#CC.CCCCCC/C(CCC)=C(\CCCCC)C(=O)CCC.CCCCCCC(=O)CCC.CCCCCCC1(CCC)C(CCCCC)C(=O)C(CC)=C(CCC)C1CCCCC. The lowest BCUT2D eigenvalue weighted by molar-refractivity contribution is -0.128. The van der Waals surface area contributed by atoms with Gasteiger partial charge in [0, 0.05) is 96.2 Å². The fraction of sp³-hybridized carbons (Fsp3) is 0.500. The van der Waals surface area contributed by atoms with E-state index in [-0.39, 0.29) is 11.3 Å². The highest BCUT2D eigenvalue weighted by Crippen LogP contribution is 2.57. The Morgan fingerprint density at radius 3 is 0.920 bits per heavy atom. The Hall–Kier alpha value is -12.1. The van der Waals surface area contributed by atoms with Gasteiger partial charge in [-0.15, -0.1) is 12.8 Å². The molecule has 0 aromatic heterocycles. The van der Waals surface area contributed by atoms with Crippen molar-refractivity contribution in [2.75, 3.05) is 0 Å². The highest BCUT2D eigenvalue weighted by Gasteiger charge is 2.51. The summed E-state index contributed by atoms with van der Waals surface area (Å²) in [6, 6.07) is 0. The monoisotopic (exact) mass is 1490 g/mol. The Bertz CT molecular complexity index is 4390. The van der Waals surface area contributed by atoms with Gasteiger partial charge >= 0.3 is 0 Å². The summed E-state index contributed by atoms with van der Waals surface area (Å²) < 4.78 is 0. The average molecular weight is 1490 g/mol. The fourth-order valence-electron chi connectivity index (χ4n) is 12.1. The molecule has 1 aliphatic carbocycles. The molecule has 0 fully saturated rings. The first-order valence-electron chi connectivity index (χ1n) is 41.2. The van der Waals surface area contributed by atoms with Crippen LogP contribution in [-0.2, 0) is 14.4 Å². The van der Waals surface area contributed by atoms with Crippen LogP contribution in [0.1, 0.15) is 341 Å². The van der Waals surface area contributed by atoms with E-state index in [0.29, 0.717) is 23.3 Å². The van der Waals surface area contributed by atoms with Crippen LogP contribution < -0.4 is 0 Å². The Morgan fingerprint density at radius 1 is 0.292 bits per heavy atom. The van der Waals surface area contributed by atoms with Crippen LogP contribution in [0.5, 0.6) is 0 Å². The lowest BCUT2D eigenvalue weighted by Crippen LogP contribution is -2.47. The molecule has 3 atom stereocenters. The summed E-state index contributed by atoms with van der Waals surface area (Å²) in [4.78, 5) is 37.5. The molecule has 0 aromatic carbocycles. The molecule has 0 spiro atoms. The lowest BCUT2D eigenvalue weighted by Gasteiger charge is -2.52. The lowest BCUT2D eigenvalue weighted by atomic mass is 9.51. The van der Waals surface area contributed by atoms with Crippen LogP contribution in [0.3, 0.4) is 0 Å². The van der Waals surface area contributed by atoms with Gasteiger partial charge in [-0.3, -0.25) is 14.4 Å². The smallest absolute Gasteiger partial charge is 0.162 e. The Balaban J connectivity index is -0.000000680. The number of ketones is 3. The average Bonchev–Trinajstić information content (AvgIpc) is 0.738. The zero-order valence-corrected chi connectivity index (χ0v) is 71.4. The molecule has 3 nitrogen and oxygen atoms in total. The Kier molecular flexibility index (Phi) is 84.3. The number of rotatable bonds is 39. The van der Waals surface area contributed by atoms with Crippen molar-refractivity contribution < 1.29 is 14.4 Å². The molecule has 0 radical (unpaired) electrons. The third-order valence-electron chi connectivity index (χ3n) is 17.0. The van der Waals surface area contributed by atoms with Crippen molar-refractivity contribution in [2.24, 2.45) is 17.3 Å². The Labute approximate surface area is 693 Å². The molecule has 580 valence electrons. The van der Waals surface area contributed by atoms with E-state index < -0.39 is 0 Å². The molecule has 3 heteroatoms. The van der Waals surface area contributed by atoms with Crippen molar-refractivity contribution in [3.8, 4) is 285 Å². The maximum absolute atomic E-state index is 14.0. The van der Waals surface area contributed by atoms with Gasteiger partial charge in [0.15, 0.2) is 11.6 Å². The van der Waals surface area contributed by atoms with Gasteiger partial charge in [0.25, 0.3) is 0 Å². The van der Waals surface area contributed by atoms with Gasteiger partial charge in [-0.25, -0.2) is 0 Å². The third kappa shape index (κ3) is 66.6. The summed E-state index contributed by atoms with van der Waals surface area (Å²) in [6.07, 6.45) is 54.8. The van der Waals surface area contributed by atoms with Crippen LogP contribution in [0, 0.1) is 302 Å². The molecule has 0 N–H and O–H groups in total. The second-order valence-electron chi connectivity index (χ2n) is 25.8. The van der Waals surface area contributed by atoms with E-state index in [1.165, 1.54) is 184 Å². The van der Waals surface area contributed by atoms with E-state index in [1.54, 1.807) is 19.4 Å². The first kappa shape index (κ1) is 107. The zero-order chi connectivity index (χ0) is 84.1. The van der Waals surface area contributed by atoms with Gasteiger partial charge < -0.3 is 0 Å². The first-order valence-corrected chi connectivity index (χ1v) is 41.2. The molecule has 0 saturated carbocycles. The van der Waals surface area contributed by atoms with E-state index in [1.807, 2.05) is 0 Å². The van der Waals surface area contributed by atoms with Gasteiger partial charge in [-0.05, 0) is 316 Å². The molecule has 0 amide bonds. The topological polar surface area (TPSA) is 51.2 Å². The largest absolute Gasteiger partial charge is 0.300 e. The maximum Gasteiger partial charge on any atom is 0.162 e. The molecular weight excluding hydrogens is 1370 g/mol. The minimum absolute atomic E-state index is 0.226. The summed E-state index contributed by atoms with van der Waals surface area (Å²) in [6.45, 7) is 30.3. The van der Waals surface area contributed by atoms with Crippen LogP contribution in [0.4, 0.5) is 0 Å². The molecule has 3 unspecified atom stereocenters. The van der Waals surface area contributed by atoms with Gasteiger partial charge in [0.1, 0.15) is 5.78 Å². The molecule has 1 aliphatic rings. The van der Waals surface area contributed by atoms with Crippen molar-refractivity contribution in [1.82, 2.24) is 0 Å². The standard InChI is InChI=1S/C30H56O.C30H2.C20H38O.C20H6.C10H20O/c1-7-13-16-19-24-30(23-11-5)27(21-17-14-8-2)26(20-10-4)25(12-6)29(31)28(30)22-18-15-9-3;1-3-5-7-9-11-13-15-17-19-21-23-25-27-29-30-28-26-24-22-20-18-16-14-12-10-8-6-4-2;1-5-9-11-13-16-18(14-7-3)19(17-12-10-6-2)20(21)15-8-4;1-3-5-7-9-11-13-15-17-19-20-18-16-14-12-10-8-6-4-2;1-3-5-6-7-9-10(11)8-4-2/h27-28H,7-24H2,1-6H3;1-2H;5-17H2,1-4H3;1-2H3;3-9H2,1-2H3/b;;19-18+;;. The van der Waals surface area contributed by atoms with Crippen LogP contribution in [-0.4, -0.2) is 17.3 Å². The number of Topliss-reactive ketones (excluding diaryl/α,β-unsaturated/α-hetero) is 3. The molecular formula is C110H122O3. The maximum atomic E-state index is 14.0. The van der Waals surface area contributed by atoms with E-state index in [9.17, 15) is 14.4 Å². The number of carbonyl (C=O) groups excluding carboxylic acids is 3. The van der Waals surface area contributed by atoms with Gasteiger partial charge in [-0.2, -0.15) is 0 Å². The van der Waals surface area contributed by atoms with Crippen molar-refractivity contribution in [1.29, 1.82) is 0 Å².